The van der Waals surface area contributed by atoms with E-state index in [1.54, 1.807) is 0 Å². The molecule has 3 unspecified atom stereocenters. The van der Waals surface area contributed by atoms with Crippen LogP contribution in [0.15, 0.2) is 30.5 Å². The molecule has 2 spiro atoms. The molecular weight excluding hydrogens is 482 g/mol. The Morgan fingerprint density at radius 2 is 1.92 bits per heavy atom. The molecule has 1 aromatic carbocycles. The van der Waals surface area contributed by atoms with Crippen molar-refractivity contribution in [3.8, 4) is 0 Å². The average Bonchev–Trinajstić information content (AvgIpc) is 3.23. The van der Waals surface area contributed by atoms with Gasteiger partial charge in [-0.3, -0.25) is 4.98 Å². The number of nitrogens with zero attached hydrogens (tertiary/aromatic N) is 2. The van der Waals surface area contributed by atoms with Crippen molar-refractivity contribution in [2.45, 2.75) is 62.9 Å². The van der Waals surface area contributed by atoms with Crippen LogP contribution in [0.4, 0.5) is 10.5 Å². The predicted molar refractivity (Wildman–Crippen MR) is 133 cm³/mol. The highest BCUT2D eigenvalue weighted by Crippen LogP contribution is 2.70. The van der Waals surface area contributed by atoms with Crippen molar-refractivity contribution in [3.63, 3.8) is 0 Å². The number of likely N-dealkylation sites (tertiary alicyclic amines) is 1. The Morgan fingerprint density at radius 3 is 2.67 bits per heavy atom. The van der Waals surface area contributed by atoms with Crippen molar-refractivity contribution in [1.29, 1.82) is 0 Å². The zero-order valence-electron chi connectivity index (χ0n) is 20.2. The van der Waals surface area contributed by atoms with Gasteiger partial charge in [0.15, 0.2) is 0 Å². The molecule has 2 aromatic rings. The molecule has 3 heterocycles. The summed E-state index contributed by atoms with van der Waals surface area (Å²) >= 11 is 6.17. The third kappa shape index (κ3) is 3.45. The first kappa shape index (κ1) is 23.0. The summed E-state index contributed by atoms with van der Waals surface area (Å²) in [5, 5.41) is 14.8. The largest absolute Gasteiger partial charge is 0.465 e. The van der Waals surface area contributed by atoms with E-state index in [4.69, 9.17) is 26.1 Å². The minimum atomic E-state index is -0.887. The van der Waals surface area contributed by atoms with Crippen LogP contribution in [-0.2, 0) is 14.5 Å². The van der Waals surface area contributed by atoms with Crippen LogP contribution in [0.1, 0.15) is 51.4 Å². The minimum Gasteiger partial charge on any atom is -0.465 e. The van der Waals surface area contributed by atoms with Crippen LogP contribution in [0.5, 0.6) is 0 Å². The van der Waals surface area contributed by atoms with Crippen LogP contribution in [0.2, 0.25) is 5.02 Å². The molecule has 8 nitrogen and oxygen atoms in total. The lowest BCUT2D eigenvalue weighted by Gasteiger charge is -2.64. The number of carbonyl (C=O) groups is 1. The van der Waals surface area contributed by atoms with E-state index >= 15 is 0 Å². The molecule has 8 rings (SSSR count). The van der Waals surface area contributed by atoms with Gasteiger partial charge in [0.1, 0.15) is 0 Å². The van der Waals surface area contributed by atoms with E-state index in [1.165, 1.54) is 11.3 Å². The van der Waals surface area contributed by atoms with Gasteiger partial charge in [-0.15, -0.1) is 0 Å². The van der Waals surface area contributed by atoms with E-state index in [9.17, 15) is 9.90 Å². The van der Waals surface area contributed by atoms with Crippen molar-refractivity contribution >= 4 is 34.3 Å². The second-order valence-electron chi connectivity index (χ2n) is 11.6. The van der Waals surface area contributed by atoms with Gasteiger partial charge in [-0.2, -0.15) is 9.78 Å². The summed E-state index contributed by atoms with van der Waals surface area (Å²) in [5.41, 5.74) is 1.82. The average molecular weight is 514 g/mol. The molecule has 1 aromatic heterocycles. The molecule has 4 saturated carbocycles. The van der Waals surface area contributed by atoms with Crippen LogP contribution < -0.4 is 5.32 Å². The monoisotopic (exact) mass is 513 g/mol. The number of halogens is 1. The fraction of sp³-hybridized carbons (Fsp3) is 0.630. The summed E-state index contributed by atoms with van der Waals surface area (Å²) in [5.74, 6) is 0.165. The first-order chi connectivity index (χ1) is 17.4. The number of pyridine rings is 1. The number of amides is 1. The summed E-state index contributed by atoms with van der Waals surface area (Å²) in [6.07, 6.45) is 8.61. The van der Waals surface area contributed by atoms with Gasteiger partial charge < -0.3 is 20.1 Å². The second kappa shape index (κ2) is 8.18. The van der Waals surface area contributed by atoms with Crippen molar-refractivity contribution in [1.82, 2.24) is 9.88 Å². The maximum atomic E-state index is 11.4. The molecule has 6 aliphatic rings. The molecule has 1 amide bonds. The fourth-order valence-corrected chi connectivity index (χ4v) is 8.39. The molecule has 4 aliphatic carbocycles. The van der Waals surface area contributed by atoms with Gasteiger partial charge in [0, 0.05) is 66.1 Å². The second-order valence-corrected chi connectivity index (χ2v) is 12.1. The van der Waals surface area contributed by atoms with Crippen molar-refractivity contribution in [2.24, 2.45) is 23.2 Å². The fourth-order valence-electron chi connectivity index (χ4n) is 8.22. The number of fused-ring (bicyclic) bond motifs is 1. The maximum absolute atomic E-state index is 11.4. The van der Waals surface area contributed by atoms with E-state index < -0.39 is 17.7 Å². The lowest BCUT2D eigenvalue weighted by atomic mass is 9.45. The molecule has 6 fully saturated rings. The van der Waals surface area contributed by atoms with Crippen molar-refractivity contribution in [2.75, 3.05) is 25.0 Å². The zero-order valence-corrected chi connectivity index (χ0v) is 21.0. The van der Waals surface area contributed by atoms with E-state index in [0.29, 0.717) is 36.9 Å². The highest BCUT2D eigenvalue weighted by atomic mass is 35.5. The van der Waals surface area contributed by atoms with Crippen LogP contribution in [0, 0.1) is 23.2 Å². The molecule has 9 heteroatoms. The number of hydrogen-bond acceptors (Lipinski definition) is 6. The zero-order chi connectivity index (χ0) is 24.5. The van der Waals surface area contributed by atoms with Gasteiger partial charge in [0.05, 0.1) is 5.52 Å². The molecule has 2 saturated heterocycles. The molecule has 192 valence electrons. The third-order valence-electron chi connectivity index (χ3n) is 9.61. The van der Waals surface area contributed by atoms with E-state index in [0.717, 1.165) is 67.1 Å². The standard InChI is InChI=1S/C27H32ClN3O5/c28-20-1-2-21-22(3-7-29-23(21)14-20)30-8-4-25-15-17-11-18(16-25)13-19(12-17)27(25)34-26(35-36-27)5-9-31(10-6-26)24(32)33/h1-3,7,14,17-19H,4-6,8-13,15-16H2,(H,29,30)(H,32,33). The Hall–Kier alpha value is -2.13. The summed E-state index contributed by atoms with van der Waals surface area (Å²) in [6, 6.07) is 7.83. The molecule has 2 aliphatic heterocycles. The summed E-state index contributed by atoms with van der Waals surface area (Å²) < 4.78 is 6.96. The van der Waals surface area contributed by atoms with Crippen molar-refractivity contribution < 1.29 is 24.4 Å². The molecular formula is C27H32ClN3O5. The summed E-state index contributed by atoms with van der Waals surface area (Å²) in [6.45, 7) is 1.60. The number of aromatic nitrogens is 1. The highest BCUT2D eigenvalue weighted by molar-refractivity contribution is 6.31. The number of benzene rings is 1. The Bertz CT molecular complexity index is 1190. The number of piperidine rings is 1. The number of nitrogens with one attached hydrogen (secondary N) is 1. The van der Waals surface area contributed by atoms with Gasteiger partial charge in [-0.1, -0.05) is 11.6 Å². The lowest BCUT2D eigenvalue weighted by Crippen LogP contribution is -2.66. The van der Waals surface area contributed by atoms with E-state index in [1.807, 2.05) is 30.5 Å². The van der Waals surface area contributed by atoms with Crippen LogP contribution >= 0.6 is 11.6 Å². The molecule has 2 N–H and O–H groups in total. The highest BCUT2D eigenvalue weighted by Gasteiger charge is 2.73. The lowest BCUT2D eigenvalue weighted by molar-refractivity contribution is -0.412. The molecule has 4 bridgehead atoms. The number of hydrogen-bond donors (Lipinski definition) is 2. The predicted octanol–water partition coefficient (Wildman–Crippen LogP) is 5.66. The molecule has 0 radical (unpaired) electrons. The smallest absolute Gasteiger partial charge is 0.407 e. The van der Waals surface area contributed by atoms with Crippen molar-refractivity contribution in [3.05, 3.63) is 35.5 Å². The quantitative estimate of drug-likeness (QED) is 0.509. The van der Waals surface area contributed by atoms with Crippen LogP contribution in [-0.4, -0.2) is 52.3 Å². The van der Waals surface area contributed by atoms with Gasteiger partial charge in [-0.25, -0.2) is 4.79 Å². The van der Waals surface area contributed by atoms with Crippen LogP contribution in [0.25, 0.3) is 10.9 Å². The molecule has 3 atom stereocenters. The Morgan fingerprint density at radius 1 is 1.14 bits per heavy atom. The van der Waals surface area contributed by atoms with E-state index in [-0.39, 0.29) is 5.41 Å². The van der Waals surface area contributed by atoms with Gasteiger partial charge >= 0.3 is 6.09 Å². The topological polar surface area (TPSA) is 93.2 Å². The number of anilines is 1. The maximum Gasteiger partial charge on any atom is 0.407 e. The number of rotatable bonds is 4. The van der Waals surface area contributed by atoms with Gasteiger partial charge in [0.2, 0.25) is 11.6 Å². The van der Waals surface area contributed by atoms with Gasteiger partial charge in [-0.05, 0) is 74.6 Å². The third-order valence-corrected chi connectivity index (χ3v) is 9.85. The number of carboxylic acid groups (broad SMARTS) is 1. The number of ether oxygens (including phenoxy) is 1. The first-order valence-electron chi connectivity index (χ1n) is 13.2. The van der Waals surface area contributed by atoms with E-state index in [2.05, 4.69) is 10.3 Å². The Balaban J connectivity index is 1.14. The van der Waals surface area contributed by atoms with Gasteiger partial charge in [0.25, 0.3) is 0 Å². The summed E-state index contributed by atoms with van der Waals surface area (Å²) in [7, 11) is 0. The minimum absolute atomic E-state index is 0.117. The Labute approximate surface area is 215 Å². The van der Waals surface area contributed by atoms with Crippen LogP contribution in [0.3, 0.4) is 0 Å². The summed E-state index contributed by atoms with van der Waals surface area (Å²) in [4.78, 5) is 29.8. The SMILES string of the molecule is O=C(O)N1CCC2(CC1)OOC1(O2)C2CC3CC(C2)CC1(CCNc1ccnc2cc(Cl)ccc12)C3. The molecule has 36 heavy (non-hydrogen) atoms. The normalized spacial score (nSPS) is 36.2. The Kier molecular flexibility index (Phi) is 5.23. The first-order valence-corrected chi connectivity index (χ1v) is 13.6.